The molecule has 0 amide bonds. The Labute approximate surface area is 244 Å². The van der Waals surface area contributed by atoms with Crippen molar-refractivity contribution < 1.29 is 18.8 Å². The first-order chi connectivity index (χ1) is 19.3. The molecule has 8 nitrogen and oxygen atoms in total. The van der Waals surface area contributed by atoms with E-state index in [4.69, 9.17) is 42.2 Å². The van der Waals surface area contributed by atoms with Crippen LogP contribution in [0.4, 0.5) is 6.01 Å². The van der Waals surface area contributed by atoms with Crippen molar-refractivity contribution >= 4 is 46.3 Å². The lowest BCUT2D eigenvalue weighted by Crippen LogP contribution is -2.41. The number of rotatable bonds is 12. The number of methoxy groups -OCH3 is 1. The molecular formula is C30H36Cl2N4O4. The van der Waals surface area contributed by atoms with Gasteiger partial charge in [0.1, 0.15) is 11.3 Å². The van der Waals surface area contributed by atoms with Gasteiger partial charge in [-0.15, -0.1) is 5.48 Å². The molecule has 10 heteroatoms. The highest BCUT2D eigenvalue weighted by molar-refractivity contribution is 6.36. The van der Waals surface area contributed by atoms with Gasteiger partial charge in [-0.1, -0.05) is 36.2 Å². The Kier molecular flexibility index (Phi) is 8.90. The maximum atomic E-state index is 11.9. The number of halogens is 2. The average Bonchev–Trinajstić information content (AvgIpc) is 3.58. The Bertz CT molecular complexity index is 1380. The Balaban J connectivity index is 1.29. The number of hydrogen-bond acceptors (Lipinski definition) is 8. The van der Waals surface area contributed by atoms with Crippen LogP contribution in [0, 0.1) is 5.92 Å². The predicted octanol–water partition coefficient (Wildman–Crippen LogP) is 6.83. The third kappa shape index (κ3) is 5.96. The molecule has 5 rings (SSSR count). The molecule has 1 aliphatic heterocycles. The number of carbonyl (C=O) groups is 1. The zero-order valence-corrected chi connectivity index (χ0v) is 24.8. The molecule has 2 N–H and O–H groups in total. The molecule has 1 fully saturated rings. The quantitative estimate of drug-likeness (QED) is 0.223. The molecule has 0 spiro atoms. The number of nitrogens with one attached hydrogen (secondary N) is 2. The van der Waals surface area contributed by atoms with Gasteiger partial charge in [0.15, 0.2) is 5.58 Å². The second-order valence-corrected chi connectivity index (χ2v) is 11.3. The summed E-state index contributed by atoms with van der Waals surface area (Å²) in [5.74, 6) is 1.06. The first kappa shape index (κ1) is 28.7. The molecule has 2 heterocycles. The van der Waals surface area contributed by atoms with E-state index in [0.717, 1.165) is 49.1 Å². The van der Waals surface area contributed by atoms with Crippen molar-refractivity contribution in [1.82, 2.24) is 15.8 Å². The van der Waals surface area contributed by atoms with Gasteiger partial charge in [0, 0.05) is 52.3 Å². The fraction of sp³-hybridized carbons (Fsp3) is 0.467. The maximum Gasteiger partial charge on any atom is 0.337 e. The zero-order valence-electron chi connectivity index (χ0n) is 23.3. The van der Waals surface area contributed by atoms with Crippen LogP contribution in [-0.4, -0.2) is 43.2 Å². The van der Waals surface area contributed by atoms with Crippen LogP contribution in [0.5, 0.6) is 0 Å². The summed E-state index contributed by atoms with van der Waals surface area (Å²) in [6, 6.07) is 11.5. The molecule has 214 valence electrons. The Hall–Kier alpha value is -2.78. The van der Waals surface area contributed by atoms with Gasteiger partial charge in [-0.3, -0.25) is 0 Å². The minimum atomic E-state index is -0.403. The first-order valence-electron chi connectivity index (χ1n) is 13.9. The van der Waals surface area contributed by atoms with Gasteiger partial charge in [-0.05, 0) is 69.9 Å². The monoisotopic (exact) mass is 586 g/mol. The van der Waals surface area contributed by atoms with E-state index in [2.05, 4.69) is 36.5 Å². The fourth-order valence-electron chi connectivity index (χ4n) is 5.40. The Morgan fingerprint density at radius 1 is 1.23 bits per heavy atom. The molecule has 3 aromatic rings. The van der Waals surface area contributed by atoms with Crippen LogP contribution in [0.1, 0.15) is 68.4 Å². The van der Waals surface area contributed by atoms with Crippen LogP contribution in [0.25, 0.3) is 11.1 Å². The van der Waals surface area contributed by atoms with E-state index in [1.54, 1.807) is 18.2 Å². The molecule has 1 saturated carbocycles. The van der Waals surface area contributed by atoms with Crippen molar-refractivity contribution in [2.75, 3.05) is 25.1 Å². The van der Waals surface area contributed by atoms with Gasteiger partial charge in [-0.2, -0.15) is 4.98 Å². The predicted molar refractivity (Wildman–Crippen MR) is 158 cm³/mol. The summed E-state index contributed by atoms with van der Waals surface area (Å²) < 4.78 is 10.9. The van der Waals surface area contributed by atoms with Crippen molar-refractivity contribution in [1.29, 1.82) is 0 Å². The molecule has 1 aliphatic carbocycles. The number of hydroxylamine groups is 1. The number of esters is 1. The molecule has 0 radical (unpaired) electrons. The SMILES string of the molecule is CCC(CC(C)N(CC)c1nc2ccc(C(=O)OC)cc2o1)NCC1=C(C2CC2)ONC1c1c(Cl)cccc1Cl. The van der Waals surface area contributed by atoms with Crippen molar-refractivity contribution in [3.63, 3.8) is 0 Å². The summed E-state index contributed by atoms with van der Waals surface area (Å²) in [7, 11) is 1.36. The van der Waals surface area contributed by atoms with Crippen LogP contribution < -0.4 is 15.7 Å². The number of aromatic nitrogens is 1. The van der Waals surface area contributed by atoms with Crippen LogP contribution in [-0.2, 0) is 9.57 Å². The van der Waals surface area contributed by atoms with E-state index in [1.807, 2.05) is 18.2 Å². The summed E-state index contributed by atoms with van der Waals surface area (Å²) >= 11 is 13.2. The van der Waals surface area contributed by atoms with Crippen LogP contribution >= 0.6 is 23.2 Å². The van der Waals surface area contributed by atoms with E-state index < -0.39 is 5.97 Å². The van der Waals surface area contributed by atoms with Crippen LogP contribution in [0.2, 0.25) is 10.0 Å². The first-order valence-corrected chi connectivity index (χ1v) is 14.7. The van der Waals surface area contributed by atoms with Gasteiger partial charge in [0.05, 0.1) is 18.7 Å². The number of hydrogen-bond donors (Lipinski definition) is 2. The molecule has 3 atom stereocenters. The molecule has 0 saturated heterocycles. The normalized spacial score (nSPS) is 18.6. The summed E-state index contributed by atoms with van der Waals surface area (Å²) in [5, 5.41) is 5.03. The highest BCUT2D eigenvalue weighted by Crippen LogP contribution is 2.46. The molecular weight excluding hydrogens is 551 g/mol. The molecule has 1 aromatic heterocycles. The number of nitrogens with zero attached hydrogens (tertiary/aromatic N) is 2. The van der Waals surface area contributed by atoms with E-state index in [1.165, 1.54) is 7.11 Å². The average molecular weight is 588 g/mol. The van der Waals surface area contributed by atoms with Gasteiger partial charge >= 0.3 is 5.97 Å². The summed E-state index contributed by atoms with van der Waals surface area (Å²) in [6.07, 6.45) is 4.10. The van der Waals surface area contributed by atoms with E-state index >= 15 is 0 Å². The van der Waals surface area contributed by atoms with Gasteiger partial charge in [0.2, 0.25) is 0 Å². The number of oxazole rings is 1. The standard InChI is InChI=1S/C30H36Cl2N4O4/c1-5-20(14-17(3)36(6-2)30-34-24-13-12-19(29(37)38-4)15-25(24)39-30)33-16-21-27(35-40-28(21)18-10-11-18)26-22(31)8-7-9-23(26)32/h7-9,12-13,15,17-18,20,27,33,35H,5-6,10-11,14,16H2,1-4H3. The fourth-order valence-corrected chi connectivity index (χ4v) is 6.02. The van der Waals surface area contributed by atoms with E-state index in [0.29, 0.717) is 45.2 Å². The topological polar surface area (TPSA) is 88.9 Å². The summed E-state index contributed by atoms with van der Waals surface area (Å²) in [5.41, 5.74) is 6.91. The number of allylic oxidation sites excluding steroid dienone is 1. The lowest BCUT2D eigenvalue weighted by Gasteiger charge is -2.30. The largest absolute Gasteiger partial charge is 0.465 e. The minimum absolute atomic E-state index is 0.152. The van der Waals surface area contributed by atoms with Crippen molar-refractivity contribution in [3.8, 4) is 0 Å². The minimum Gasteiger partial charge on any atom is -0.465 e. The van der Waals surface area contributed by atoms with Crippen LogP contribution in [0.15, 0.2) is 52.1 Å². The number of anilines is 1. The lowest BCUT2D eigenvalue weighted by atomic mass is 9.96. The highest BCUT2D eigenvalue weighted by atomic mass is 35.5. The maximum absolute atomic E-state index is 11.9. The van der Waals surface area contributed by atoms with Crippen molar-refractivity contribution in [2.45, 2.75) is 64.6 Å². The van der Waals surface area contributed by atoms with Gasteiger partial charge < -0.3 is 24.2 Å². The van der Waals surface area contributed by atoms with Gasteiger partial charge in [0.25, 0.3) is 6.01 Å². The van der Waals surface area contributed by atoms with Gasteiger partial charge in [-0.25, -0.2) is 4.79 Å². The Morgan fingerprint density at radius 3 is 2.62 bits per heavy atom. The molecule has 0 bridgehead atoms. The van der Waals surface area contributed by atoms with Crippen LogP contribution in [0.3, 0.4) is 0 Å². The number of ether oxygens (including phenoxy) is 1. The molecule has 2 aromatic carbocycles. The molecule has 3 unspecified atom stereocenters. The summed E-state index contributed by atoms with van der Waals surface area (Å²) in [4.78, 5) is 24.8. The second-order valence-electron chi connectivity index (χ2n) is 10.5. The number of carbonyl (C=O) groups excluding carboxylic acids is 1. The second kappa shape index (κ2) is 12.4. The lowest BCUT2D eigenvalue weighted by molar-refractivity contribution is 0.0600. The smallest absolute Gasteiger partial charge is 0.337 e. The van der Waals surface area contributed by atoms with Crippen molar-refractivity contribution in [2.24, 2.45) is 5.92 Å². The third-order valence-corrected chi connectivity index (χ3v) is 8.46. The summed E-state index contributed by atoms with van der Waals surface area (Å²) in [6.45, 7) is 7.87. The molecule has 2 aliphatic rings. The van der Waals surface area contributed by atoms with E-state index in [9.17, 15) is 4.79 Å². The Morgan fingerprint density at radius 2 is 1.98 bits per heavy atom. The number of benzene rings is 2. The van der Waals surface area contributed by atoms with E-state index in [-0.39, 0.29) is 18.1 Å². The molecule has 40 heavy (non-hydrogen) atoms. The van der Waals surface area contributed by atoms with Crippen molar-refractivity contribution in [3.05, 3.63) is 68.9 Å². The zero-order chi connectivity index (χ0) is 28.4. The highest BCUT2D eigenvalue weighted by Gasteiger charge is 2.39. The third-order valence-electron chi connectivity index (χ3n) is 7.80. The number of fused-ring (bicyclic) bond motifs is 1.